The fourth-order valence-corrected chi connectivity index (χ4v) is 2.11. The van der Waals surface area contributed by atoms with Crippen LogP contribution in [0.15, 0.2) is 31.9 Å². The first-order valence-electron chi connectivity index (χ1n) is 4.43. The molecule has 4 nitrogen and oxygen atoms in total. The zero-order chi connectivity index (χ0) is 12.6. The molecule has 0 bridgehead atoms. The third-order valence-corrected chi connectivity index (χ3v) is 4.89. The van der Waals surface area contributed by atoms with Gasteiger partial charge in [0.05, 0.1) is 0 Å². The molecule has 0 aliphatic heterocycles. The van der Waals surface area contributed by atoms with Crippen molar-refractivity contribution < 1.29 is 5.11 Å². The van der Waals surface area contributed by atoms with Crippen LogP contribution in [-0.4, -0.2) is 15.1 Å². The molecule has 0 atom stereocenters. The van der Waals surface area contributed by atoms with E-state index in [0.717, 1.165) is 8.95 Å². The van der Waals surface area contributed by atoms with Gasteiger partial charge in [-0.1, -0.05) is 6.07 Å². The molecule has 88 valence electrons. The number of rotatable bonds is 1. The highest BCUT2D eigenvalue weighted by molar-refractivity contribution is 14.1. The molecule has 2 aromatic rings. The van der Waals surface area contributed by atoms with E-state index in [2.05, 4.69) is 41.8 Å². The van der Waals surface area contributed by atoms with Crippen molar-refractivity contribution in [3.63, 3.8) is 0 Å². The summed E-state index contributed by atoms with van der Waals surface area (Å²) in [6.45, 7) is 0. The van der Waals surface area contributed by atoms with Gasteiger partial charge < -0.3 is 10.1 Å². The van der Waals surface area contributed by atoms with Crippen LogP contribution in [0, 0.1) is 3.57 Å². The number of halogens is 3. The van der Waals surface area contributed by atoms with Gasteiger partial charge in [0, 0.05) is 14.5 Å². The van der Waals surface area contributed by atoms with Gasteiger partial charge >= 0.3 is 0 Å². The zero-order valence-electron chi connectivity index (χ0n) is 8.17. The molecule has 0 fully saturated rings. The predicted octanol–water partition coefficient (Wildman–Crippen LogP) is 3.27. The van der Waals surface area contributed by atoms with Crippen LogP contribution in [-0.2, 0) is 0 Å². The quantitative estimate of drug-likeness (QED) is 0.627. The van der Waals surface area contributed by atoms with Crippen molar-refractivity contribution in [2.45, 2.75) is 0 Å². The molecule has 1 aromatic heterocycles. The van der Waals surface area contributed by atoms with Crippen LogP contribution in [0.1, 0.15) is 0 Å². The maximum absolute atomic E-state index is 11.5. The van der Waals surface area contributed by atoms with Crippen LogP contribution in [0.5, 0.6) is 5.88 Å². The van der Waals surface area contributed by atoms with Gasteiger partial charge in [-0.3, -0.25) is 4.79 Å². The lowest BCUT2D eigenvalue weighted by Gasteiger charge is -2.04. The van der Waals surface area contributed by atoms with E-state index in [1.54, 1.807) is 34.7 Å². The van der Waals surface area contributed by atoms with Crippen LogP contribution >= 0.6 is 54.5 Å². The summed E-state index contributed by atoms with van der Waals surface area (Å²) in [6.07, 6.45) is 0. The number of aromatic nitrogens is 2. The normalized spacial score (nSPS) is 10.5. The summed E-state index contributed by atoms with van der Waals surface area (Å²) in [4.78, 5) is 18.0. The zero-order valence-corrected chi connectivity index (χ0v) is 13.5. The highest BCUT2D eigenvalue weighted by Crippen LogP contribution is 2.28. The second-order valence-electron chi connectivity index (χ2n) is 3.18. The Bertz CT molecular complexity index is 643. The Morgan fingerprint density at radius 2 is 2.00 bits per heavy atom. The number of nitrogens with zero attached hydrogens (tertiary/aromatic N) is 1. The fourth-order valence-electron chi connectivity index (χ4n) is 1.23. The molecule has 1 aromatic carbocycles. The first kappa shape index (κ1) is 13.0. The summed E-state index contributed by atoms with van der Waals surface area (Å²) in [6, 6.07) is 5.42. The van der Waals surface area contributed by atoms with E-state index in [1.807, 2.05) is 6.07 Å². The maximum atomic E-state index is 11.5. The van der Waals surface area contributed by atoms with Gasteiger partial charge in [-0.05, 0) is 66.6 Å². The summed E-state index contributed by atoms with van der Waals surface area (Å²) in [5.41, 5.74) is 0.357. The Morgan fingerprint density at radius 1 is 1.29 bits per heavy atom. The average molecular weight is 472 g/mol. The van der Waals surface area contributed by atoms with Crippen LogP contribution < -0.4 is 5.56 Å². The second-order valence-corrected chi connectivity index (χ2v) is 5.97. The van der Waals surface area contributed by atoms with Crippen molar-refractivity contribution in [3.8, 4) is 17.3 Å². The van der Waals surface area contributed by atoms with Crippen molar-refractivity contribution in [1.29, 1.82) is 0 Å². The van der Waals surface area contributed by atoms with E-state index in [-0.39, 0.29) is 15.0 Å². The summed E-state index contributed by atoms with van der Waals surface area (Å²) >= 11 is 8.46. The third-order valence-electron chi connectivity index (χ3n) is 2.04. The maximum Gasteiger partial charge on any atom is 0.268 e. The highest BCUT2D eigenvalue weighted by atomic mass is 127. The Labute approximate surface area is 127 Å². The van der Waals surface area contributed by atoms with Gasteiger partial charge in [-0.25, -0.2) is 0 Å². The summed E-state index contributed by atoms with van der Waals surface area (Å²) < 4.78 is 1.93. The van der Waals surface area contributed by atoms with Gasteiger partial charge in [-0.15, -0.1) is 0 Å². The topological polar surface area (TPSA) is 66.0 Å². The first-order valence-corrected chi connectivity index (χ1v) is 7.09. The molecular formula is C10H5Br2IN2O2. The van der Waals surface area contributed by atoms with Crippen LogP contribution in [0.4, 0.5) is 0 Å². The number of aromatic hydroxyl groups is 1. The number of hydrogen-bond donors (Lipinski definition) is 2. The van der Waals surface area contributed by atoms with E-state index < -0.39 is 0 Å². The summed E-state index contributed by atoms with van der Waals surface area (Å²) in [5.74, 6) is 0.0736. The van der Waals surface area contributed by atoms with Gasteiger partial charge in [-0.2, -0.15) is 4.98 Å². The smallest absolute Gasteiger partial charge is 0.268 e. The van der Waals surface area contributed by atoms with Crippen LogP contribution in [0.3, 0.4) is 0 Å². The van der Waals surface area contributed by atoms with E-state index in [4.69, 9.17) is 0 Å². The number of hydrogen-bond acceptors (Lipinski definition) is 3. The molecule has 0 aliphatic carbocycles. The van der Waals surface area contributed by atoms with Crippen molar-refractivity contribution >= 4 is 54.5 Å². The molecule has 0 amide bonds. The van der Waals surface area contributed by atoms with Crippen molar-refractivity contribution in [3.05, 3.63) is 41.1 Å². The van der Waals surface area contributed by atoms with Crippen molar-refractivity contribution in [2.24, 2.45) is 0 Å². The Hall–Kier alpha value is -0.410. The minimum absolute atomic E-state index is 0.183. The lowest BCUT2D eigenvalue weighted by atomic mass is 10.2. The molecule has 7 heteroatoms. The van der Waals surface area contributed by atoms with Crippen LogP contribution in [0.25, 0.3) is 11.4 Å². The first-order chi connectivity index (χ1) is 7.99. The molecule has 0 saturated heterocycles. The average Bonchev–Trinajstić information content (AvgIpc) is 2.29. The van der Waals surface area contributed by atoms with E-state index in [1.165, 1.54) is 0 Å². The Balaban J connectivity index is 2.61. The third kappa shape index (κ3) is 2.71. The number of aromatic amines is 1. The standard InChI is InChI=1S/C10H5Br2IN2O2/c11-5-2-1-4(3-6(5)12)8-14-9(16)7(13)10(17)15-8/h1-3H,(H2,14,15,16,17). The molecule has 2 rings (SSSR count). The lowest BCUT2D eigenvalue weighted by Crippen LogP contribution is -2.12. The molecule has 0 radical (unpaired) electrons. The van der Waals surface area contributed by atoms with Crippen molar-refractivity contribution in [1.82, 2.24) is 9.97 Å². The van der Waals surface area contributed by atoms with Gasteiger partial charge in [0.25, 0.3) is 5.56 Å². The van der Waals surface area contributed by atoms with Crippen molar-refractivity contribution in [2.75, 3.05) is 0 Å². The molecule has 1 heterocycles. The fraction of sp³-hybridized carbons (Fsp3) is 0. The summed E-state index contributed by atoms with van der Waals surface area (Å²) in [5, 5.41) is 9.51. The molecular weight excluding hydrogens is 467 g/mol. The Kier molecular flexibility index (Phi) is 3.88. The molecule has 0 saturated carbocycles. The van der Waals surface area contributed by atoms with Crippen LogP contribution in [0.2, 0.25) is 0 Å². The molecule has 0 unspecified atom stereocenters. The monoisotopic (exact) mass is 470 g/mol. The van der Waals surface area contributed by atoms with E-state index in [0.29, 0.717) is 11.4 Å². The minimum atomic E-state index is -0.354. The number of benzene rings is 1. The van der Waals surface area contributed by atoms with Gasteiger partial charge in [0.2, 0.25) is 5.88 Å². The molecule has 0 aliphatic rings. The SMILES string of the molecule is O=c1[nH]c(-c2ccc(Br)c(Br)c2)nc(O)c1I. The molecule has 0 spiro atoms. The lowest BCUT2D eigenvalue weighted by molar-refractivity contribution is 0.447. The minimum Gasteiger partial charge on any atom is -0.492 e. The second kappa shape index (κ2) is 5.07. The Morgan fingerprint density at radius 3 is 2.59 bits per heavy atom. The molecule has 17 heavy (non-hydrogen) atoms. The van der Waals surface area contributed by atoms with E-state index >= 15 is 0 Å². The molecule has 2 N–H and O–H groups in total. The number of nitrogens with one attached hydrogen (secondary N) is 1. The number of H-pyrrole nitrogens is 1. The predicted molar refractivity (Wildman–Crippen MR) is 80.1 cm³/mol. The highest BCUT2D eigenvalue weighted by Gasteiger charge is 2.09. The van der Waals surface area contributed by atoms with Gasteiger partial charge in [0.1, 0.15) is 9.39 Å². The van der Waals surface area contributed by atoms with Gasteiger partial charge in [0.15, 0.2) is 0 Å². The van der Waals surface area contributed by atoms with E-state index in [9.17, 15) is 9.90 Å². The largest absolute Gasteiger partial charge is 0.492 e. The summed E-state index contributed by atoms with van der Waals surface area (Å²) in [7, 11) is 0.